The van der Waals surface area contributed by atoms with Crippen LogP contribution in [-0.4, -0.2) is 15.2 Å². The third kappa shape index (κ3) is 3.17. The van der Waals surface area contributed by atoms with E-state index < -0.39 is 17.7 Å². The molecular weight excluding hydrogens is 302 g/mol. The van der Waals surface area contributed by atoms with Gasteiger partial charge in [0.05, 0.1) is 0 Å². The van der Waals surface area contributed by atoms with Gasteiger partial charge in [-0.25, -0.2) is 8.78 Å². The Kier molecular flexibility index (Phi) is 3.99. The number of aromatic nitrogens is 2. The summed E-state index contributed by atoms with van der Waals surface area (Å²) in [5, 5.41) is 14.0. The van der Waals surface area contributed by atoms with Crippen molar-refractivity contribution < 1.29 is 18.4 Å². The number of hydrogen-bond donors (Lipinski definition) is 1. The van der Waals surface area contributed by atoms with E-state index in [1.54, 1.807) is 12.1 Å². The molecule has 0 bridgehead atoms. The summed E-state index contributed by atoms with van der Waals surface area (Å²) < 4.78 is 31.6. The predicted molar refractivity (Wildman–Crippen MR) is 80.1 cm³/mol. The highest BCUT2D eigenvalue weighted by Crippen LogP contribution is 2.29. The van der Waals surface area contributed by atoms with Gasteiger partial charge >= 0.3 is 0 Å². The highest BCUT2D eigenvalue weighted by Gasteiger charge is 2.20. The highest BCUT2D eigenvalue weighted by atomic mass is 19.1. The van der Waals surface area contributed by atoms with Crippen molar-refractivity contribution in [3.63, 3.8) is 0 Å². The summed E-state index contributed by atoms with van der Waals surface area (Å²) in [7, 11) is 0. The summed E-state index contributed by atoms with van der Waals surface area (Å²) in [6.45, 7) is 3.68. The Hall–Kier alpha value is -2.86. The van der Waals surface area contributed by atoms with Crippen LogP contribution >= 0.6 is 0 Å². The zero-order valence-corrected chi connectivity index (χ0v) is 11.9. The fourth-order valence-corrected chi connectivity index (χ4v) is 2.11. The molecule has 1 aromatic heterocycles. The lowest BCUT2D eigenvalue weighted by atomic mass is 10.0. The standard InChI is InChI=1S/C17H12F2N2O2/c1-10(15(22)12-7-13(18)9-14(19)8-12)17-20-16(21-23-17)11-5-3-2-4-6-11/h2-9,15,22H,1H2. The fourth-order valence-electron chi connectivity index (χ4n) is 2.11. The number of nitrogens with zero attached hydrogens (tertiary/aromatic N) is 2. The Morgan fingerprint density at radius 3 is 2.39 bits per heavy atom. The van der Waals surface area contributed by atoms with E-state index in [2.05, 4.69) is 16.7 Å². The lowest BCUT2D eigenvalue weighted by Crippen LogP contribution is -2.02. The van der Waals surface area contributed by atoms with Crippen LogP contribution in [-0.2, 0) is 0 Å². The van der Waals surface area contributed by atoms with Crippen molar-refractivity contribution in [2.75, 3.05) is 0 Å². The van der Waals surface area contributed by atoms with Gasteiger partial charge in [0.1, 0.15) is 17.7 Å². The summed E-state index contributed by atoms with van der Waals surface area (Å²) >= 11 is 0. The maximum absolute atomic E-state index is 13.2. The summed E-state index contributed by atoms with van der Waals surface area (Å²) in [5.41, 5.74) is 0.818. The molecule has 1 unspecified atom stereocenters. The molecule has 23 heavy (non-hydrogen) atoms. The van der Waals surface area contributed by atoms with Gasteiger partial charge in [-0.05, 0) is 17.7 Å². The van der Waals surface area contributed by atoms with Gasteiger partial charge in [-0.2, -0.15) is 4.98 Å². The van der Waals surface area contributed by atoms with Gasteiger partial charge in [0.15, 0.2) is 0 Å². The van der Waals surface area contributed by atoms with Crippen molar-refractivity contribution in [3.05, 3.63) is 78.2 Å². The molecule has 0 radical (unpaired) electrons. The molecule has 3 aromatic rings. The van der Waals surface area contributed by atoms with Crippen LogP contribution in [0.25, 0.3) is 17.0 Å². The molecule has 1 N–H and O–H groups in total. The van der Waals surface area contributed by atoms with Gasteiger partial charge in [-0.1, -0.05) is 42.1 Å². The van der Waals surface area contributed by atoms with Gasteiger partial charge < -0.3 is 9.63 Å². The van der Waals surface area contributed by atoms with Gasteiger partial charge in [0.25, 0.3) is 5.89 Å². The third-order valence-electron chi connectivity index (χ3n) is 3.26. The van der Waals surface area contributed by atoms with Crippen LogP contribution < -0.4 is 0 Å². The molecule has 0 saturated carbocycles. The molecule has 0 spiro atoms. The van der Waals surface area contributed by atoms with Crippen LogP contribution in [0.15, 0.2) is 59.6 Å². The van der Waals surface area contributed by atoms with E-state index >= 15 is 0 Å². The molecule has 4 nitrogen and oxygen atoms in total. The minimum absolute atomic E-state index is 0.000947. The molecule has 0 aliphatic carbocycles. The molecule has 0 aliphatic rings. The molecule has 1 atom stereocenters. The second kappa shape index (κ2) is 6.10. The smallest absolute Gasteiger partial charge is 0.256 e. The number of halogens is 2. The average molecular weight is 314 g/mol. The zero-order chi connectivity index (χ0) is 16.4. The Labute approximate surface area is 130 Å². The Balaban J connectivity index is 1.87. The van der Waals surface area contributed by atoms with E-state index in [1.165, 1.54) is 0 Å². The lowest BCUT2D eigenvalue weighted by Gasteiger charge is -2.11. The number of benzene rings is 2. The Bertz CT molecular complexity index is 827. The van der Waals surface area contributed by atoms with Crippen molar-refractivity contribution in [2.45, 2.75) is 6.10 Å². The summed E-state index contributed by atoms with van der Waals surface area (Å²) in [5.74, 6) is -1.25. The summed E-state index contributed by atoms with van der Waals surface area (Å²) in [6, 6.07) is 11.9. The molecule has 2 aromatic carbocycles. The van der Waals surface area contributed by atoms with E-state index in [0.717, 1.165) is 23.8 Å². The first-order chi connectivity index (χ1) is 11.0. The first-order valence-electron chi connectivity index (χ1n) is 6.77. The van der Waals surface area contributed by atoms with Crippen molar-refractivity contribution in [3.8, 4) is 11.4 Å². The van der Waals surface area contributed by atoms with Crippen LogP contribution in [0.5, 0.6) is 0 Å². The first kappa shape index (κ1) is 15.1. The highest BCUT2D eigenvalue weighted by molar-refractivity contribution is 5.64. The Morgan fingerprint density at radius 1 is 1.09 bits per heavy atom. The van der Waals surface area contributed by atoms with Crippen LogP contribution in [0, 0.1) is 11.6 Å². The number of hydrogen-bond acceptors (Lipinski definition) is 4. The second-order valence-corrected chi connectivity index (χ2v) is 4.92. The predicted octanol–water partition coefficient (Wildman–Crippen LogP) is 3.76. The van der Waals surface area contributed by atoms with E-state index in [9.17, 15) is 13.9 Å². The molecule has 0 fully saturated rings. The van der Waals surface area contributed by atoms with Gasteiger partial charge in [-0.3, -0.25) is 0 Å². The quantitative estimate of drug-likeness (QED) is 0.796. The molecule has 0 aliphatic heterocycles. The van der Waals surface area contributed by atoms with Crippen LogP contribution in [0.3, 0.4) is 0 Å². The van der Waals surface area contributed by atoms with Gasteiger partial charge in [-0.15, -0.1) is 0 Å². The maximum atomic E-state index is 13.2. The largest absolute Gasteiger partial charge is 0.383 e. The van der Waals surface area contributed by atoms with E-state index in [1.807, 2.05) is 18.2 Å². The average Bonchev–Trinajstić information content (AvgIpc) is 3.03. The van der Waals surface area contributed by atoms with Crippen LogP contribution in [0.1, 0.15) is 17.6 Å². The topological polar surface area (TPSA) is 59.2 Å². The molecular formula is C17H12F2N2O2. The van der Waals surface area contributed by atoms with E-state index in [-0.39, 0.29) is 17.0 Å². The Morgan fingerprint density at radius 2 is 1.74 bits per heavy atom. The minimum atomic E-state index is -1.36. The minimum Gasteiger partial charge on any atom is -0.383 e. The molecule has 116 valence electrons. The lowest BCUT2D eigenvalue weighted by molar-refractivity contribution is 0.232. The number of aliphatic hydroxyl groups excluding tert-OH is 1. The number of rotatable bonds is 4. The van der Waals surface area contributed by atoms with Crippen molar-refractivity contribution >= 4 is 5.57 Å². The number of aliphatic hydroxyl groups is 1. The van der Waals surface area contributed by atoms with Crippen LogP contribution in [0.4, 0.5) is 8.78 Å². The van der Waals surface area contributed by atoms with Crippen molar-refractivity contribution in [1.82, 2.24) is 10.1 Å². The zero-order valence-electron chi connectivity index (χ0n) is 11.9. The van der Waals surface area contributed by atoms with Crippen molar-refractivity contribution in [2.24, 2.45) is 0 Å². The van der Waals surface area contributed by atoms with Crippen LogP contribution in [0.2, 0.25) is 0 Å². The molecule has 0 amide bonds. The summed E-state index contributed by atoms with van der Waals surface area (Å²) in [4.78, 5) is 4.15. The van der Waals surface area contributed by atoms with Gasteiger partial charge in [0, 0.05) is 17.2 Å². The molecule has 1 heterocycles. The SMILES string of the molecule is C=C(c1nc(-c2ccccc2)no1)C(O)c1cc(F)cc(F)c1. The maximum Gasteiger partial charge on any atom is 0.256 e. The second-order valence-electron chi connectivity index (χ2n) is 4.92. The fraction of sp³-hybridized carbons (Fsp3) is 0.0588. The molecule has 3 rings (SSSR count). The normalized spacial score (nSPS) is 12.1. The monoisotopic (exact) mass is 314 g/mol. The third-order valence-corrected chi connectivity index (χ3v) is 3.26. The molecule has 0 saturated heterocycles. The van der Waals surface area contributed by atoms with E-state index in [4.69, 9.17) is 4.52 Å². The molecule has 6 heteroatoms. The first-order valence-corrected chi connectivity index (χ1v) is 6.77. The van der Waals surface area contributed by atoms with Gasteiger partial charge in [0.2, 0.25) is 5.82 Å². The summed E-state index contributed by atoms with van der Waals surface area (Å²) in [6.07, 6.45) is -1.36. The van der Waals surface area contributed by atoms with E-state index in [0.29, 0.717) is 5.82 Å². The van der Waals surface area contributed by atoms with Crippen molar-refractivity contribution in [1.29, 1.82) is 0 Å².